The number of nitrogens with one attached hydrogen (secondary N) is 2. The molecule has 5 heteroatoms. The average molecular weight is 284 g/mol. The molecule has 0 aliphatic carbocycles. The molecule has 1 aromatic carbocycles. The molecule has 0 saturated heterocycles. The number of H-pyrrole nitrogens is 1. The molecule has 0 fully saturated rings. The maximum Gasteiger partial charge on any atom is 0.122 e. The van der Waals surface area contributed by atoms with Gasteiger partial charge < -0.3 is 10.3 Å². The average Bonchev–Trinajstić information content (AvgIpc) is 2.81. The fourth-order valence-electron chi connectivity index (χ4n) is 1.91. The second-order valence-corrected chi connectivity index (χ2v) is 5.09. The number of benzene rings is 1. The first kappa shape index (κ1) is 13.4. The molecule has 18 heavy (non-hydrogen) atoms. The highest BCUT2D eigenvalue weighted by molar-refractivity contribution is 6.35. The number of aromatic nitrogens is 2. The molecule has 2 rings (SSSR count). The van der Waals surface area contributed by atoms with Gasteiger partial charge in [-0.3, -0.25) is 0 Å². The van der Waals surface area contributed by atoms with Crippen molar-refractivity contribution in [3.63, 3.8) is 0 Å². The summed E-state index contributed by atoms with van der Waals surface area (Å²) in [5.41, 5.74) is 1.03. The minimum absolute atomic E-state index is 0.120. The summed E-state index contributed by atoms with van der Waals surface area (Å²) in [5, 5.41) is 4.76. The van der Waals surface area contributed by atoms with E-state index in [1.54, 1.807) is 12.3 Å². The van der Waals surface area contributed by atoms with Crippen LogP contribution in [0.1, 0.15) is 37.3 Å². The fraction of sp³-hybridized carbons (Fsp3) is 0.308. The van der Waals surface area contributed by atoms with Crippen LogP contribution in [0.25, 0.3) is 0 Å². The van der Waals surface area contributed by atoms with Crippen molar-refractivity contribution in [2.75, 3.05) is 0 Å². The Morgan fingerprint density at radius 2 is 2.00 bits per heavy atom. The van der Waals surface area contributed by atoms with Crippen LogP contribution in [0.3, 0.4) is 0 Å². The molecule has 96 valence electrons. The zero-order chi connectivity index (χ0) is 13.1. The first-order valence-electron chi connectivity index (χ1n) is 5.78. The molecule has 0 aliphatic rings. The van der Waals surface area contributed by atoms with E-state index < -0.39 is 0 Å². The van der Waals surface area contributed by atoms with Crippen LogP contribution in [0, 0.1) is 0 Å². The van der Waals surface area contributed by atoms with Crippen molar-refractivity contribution >= 4 is 23.2 Å². The Bertz CT molecular complexity index is 511. The van der Waals surface area contributed by atoms with Gasteiger partial charge in [-0.25, -0.2) is 4.98 Å². The lowest BCUT2D eigenvalue weighted by Crippen LogP contribution is -2.23. The number of rotatable bonds is 4. The van der Waals surface area contributed by atoms with Gasteiger partial charge in [0.1, 0.15) is 5.82 Å². The molecule has 2 unspecified atom stereocenters. The Balaban J connectivity index is 2.10. The van der Waals surface area contributed by atoms with Gasteiger partial charge in [0, 0.05) is 28.5 Å². The second-order valence-electron chi connectivity index (χ2n) is 4.25. The zero-order valence-corrected chi connectivity index (χ0v) is 11.8. The molecule has 0 radical (unpaired) electrons. The number of imidazole rings is 1. The lowest BCUT2D eigenvalue weighted by atomic mass is 10.1. The van der Waals surface area contributed by atoms with Crippen LogP contribution in [-0.2, 0) is 0 Å². The monoisotopic (exact) mass is 283 g/mol. The van der Waals surface area contributed by atoms with Crippen LogP contribution < -0.4 is 5.32 Å². The van der Waals surface area contributed by atoms with Gasteiger partial charge in [0.15, 0.2) is 0 Å². The molecule has 2 N–H and O–H groups in total. The highest BCUT2D eigenvalue weighted by atomic mass is 35.5. The van der Waals surface area contributed by atoms with Gasteiger partial charge in [-0.2, -0.15) is 0 Å². The second kappa shape index (κ2) is 5.74. The Kier molecular flexibility index (Phi) is 4.27. The van der Waals surface area contributed by atoms with Gasteiger partial charge in [-0.05, 0) is 31.5 Å². The molecule has 0 bridgehead atoms. The Hall–Kier alpha value is -1.03. The molecule has 0 aliphatic heterocycles. The van der Waals surface area contributed by atoms with Gasteiger partial charge in [0.2, 0.25) is 0 Å². The van der Waals surface area contributed by atoms with Gasteiger partial charge >= 0.3 is 0 Å². The quantitative estimate of drug-likeness (QED) is 0.886. The largest absolute Gasteiger partial charge is 0.347 e. The number of aromatic amines is 1. The SMILES string of the molecule is CC(NC(C)c1ccc(Cl)cc1Cl)c1ncc[nH]1. The summed E-state index contributed by atoms with van der Waals surface area (Å²) < 4.78 is 0. The maximum absolute atomic E-state index is 6.18. The zero-order valence-electron chi connectivity index (χ0n) is 10.2. The lowest BCUT2D eigenvalue weighted by Gasteiger charge is -2.20. The molecular formula is C13H15Cl2N3. The number of halogens is 2. The van der Waals surface area contributed by atoms with Gasteiger partial charge in [-0.15, -0.1) is 0 Å². The van der Waals surface area contributed by atoms with Gasteiger partial charge in [-0.1, -0.05) is 29.3 Å². The van der Waals surface area contributed by atoms with Crippen LogP contribution in [0.4, 0.5) is 0 Å². The summed E-state index contributed by atoms with van der Waals surface area (Å²) in [6.45, 7) is 4.12. The van der Waals surface area contributed by atoms with Crippen LogP contribution in [0.15, 0.2) is 30.6 Å². The molecule has 0 spiro atoms. The first-order chi connectivity index (χ1) is 8.58. The van der Waals surface area contributed by atoms with E-state index in [2.05, 4.69) is 29.1 Å². The summed E-state index contributed by atoms with van der Waals surface area (Å²) >= 11 is 12.1. The van der Waals surface area contributed by atoms with Crippen LogP contribution in [0.2, 0.25) is 10.0 Å². The van der Waals surface area contributed by atoms with Crippen molar-refractivity contribution in [2.45, 2.75) is 25.9 Å². The summed E-state index contributed by atoms with van der Waals surface area (Å²) in [5.74, 6) is 0.909. The molecular weight excluding hydrogens is 269 g/mol. The van der Waals surface area contributed by atoms with E-state index in [0.717, 1.165) is 11.4 Å². The highest BCUT2D eigenvalue weighted by Gasteiger charge is 2.14. The van der Waals surface area contributed by atoms with E-state index in [1.165, 1.54) is 0 Å². The predicted octanol–water partition coefficient (Wildman–Crippen LogP) is 4.13. The summed E-state index contributed by atoms with van der Waals surface area (Å²) in [4.78, 5) is 7.32. The smallest absolute Gasteiger partial charge is 0.122 e. The molecule has 0 amide bonds. The summed E-state index contributed by atoms with van der Waals surface area (Å²) in [7, 11) is 0. The minimum Gasteiger partial charge on any atom is -0.347 e. The van der Waals surface area contributed by atoms with Crippen LogP contribution in [-0.4, -0.2) is 9.97 Å². The van der Waals surface area contributed by atoms with Gasteiger partial charge in [0.05, 0.1) is 6.04 Å². The fourth-order valence-corrected chi connectivity index (χ4v) is 2.48. The third-order valence-corrected chi connectivity index (χ3v) is 3.42. The molecule has 3 nitrogen and oxygen atoms in total. The number of hydrogen-bond donors (Lipinski definition) is 2. The standard InChI is InChI=1S/C13H15Cl2N3/c1-8(11-4-3-10(14)7-12(11)15)18-9(2)13-16-5-6-17-13/h3-9,18H,1-2H3,(H,16,17). The van der Waals surface area contributed by atoms with Crippen molar-refractivity contribution in [1.29, 1.82) is 0 Å². The van der Waals surface area contributed by atoms with Crippen molar-refractivity contribution in [3.05, 3.63) is 52.0 Å². The molecule has 2 atom stereocenters. The molecule has 1 heterocycles. The molecule has 2 aromatic rings. The van der Waals surface area contributed by atoms with Crippen LogP contribution in [0.5, 0.6) is 0 Å². The van der Waals surface area contributed by atoms with E-state index in [9.17, 15) is 0 Å². The topological polar surface area (TPSA) is 40.7 Å². The third-order valence-electron chi connectivity index (χ3n) is 2.86. The summed E-state index contributed by atoms with van der Waals surface area (Å²) in [6.07, 6.45) is 3.56. The predicted molar refractivity (Wildman–Crippen MR) is 75.0 cm³/mol. The van der Waals surface area contributed by atoms with Crippen molar-refractivity contribution in [2.24, 2.45) is 0 Å². The summed E-state index contributed by atoms with van der Waals surface area (Å²) in [6, 6.07) is 5.79. The normalized spacial score (nSPS) is 14.4. The van der Waals surface area contributed by atoms with E-state index in [0.29, 0.717) is 10.0 Å². The maximum atomic E-state index is 6.18. The van der Waals surface area contributed by atoms with Crippen LogP contribution >= 0.6 is 23.2 Å². The molecule has 0 saturated carbocycles. The molecule has 1 aromatic heterocycles. The van der Waals surface area contributed by atoms with Crippen molar-refractivity contribution < 1.29 is 0 Å². The van der Waals surface area contributed by atoms with Gasteiger partial charge in [0.25, 0.3) is 0 Å². The van der Waals surface area contributed by atoms with Crippen molar-refractivity contribution in [3.8, 4) is 0 Å². The van der Waals surface area contributed by atoms with E-state index in [4.69, 9.17) is 23.2 Å². The lowest BCUT2D eigenvalue weighted by molar-refractivity contribution is 0.479. The van der Waals surface area contributed by atoms with E-state index >= 15 is 0 Å². The van der Waals surface area contributed by atoms with Crippen molar-refractivity contribution in [1.82, 2.24) is 15.3 Å². The Labute approximate surface area is 117 Å². The van der Waals surface area contributed by atoms with E-state index in [-0.39, 0.29) is 12.1 Å². The number of nitrogens with zero attached hydrogens (tertiary/aromatic N) is 1. The minimum atomic E-state index is 0.120. The third kappa shape index (κ3) is 3.05. The Morgan fingerprint density at radius 3 is 2.61 bits per heavy atom. The number of hydrogen-bond acceptors (Lipinski definition) is 2. The Morgan fingerprint density at radius 1 is 1.22 bits per heavy atom. The first-order valence-corrected chi connectivity index (χ1v) is 6.54. The highest BCUT2D eigenvalue weighted by Crippen LogP contribution is 2.27. The van der Waals surface area contributed by atoms with E-state index in [1.807, 2.05) is 18.3 Å².